The summed E-state index contributed by atoms with van der Waals surface area (Å²) in [6.45, 7) is 3.18. The maximum atomic E-state index is 13.6. The number of anilines is 1. The Bertz CT molecular complexity index is 965. The largest absolute Gasteiger partial charge is 0.324 e. The van der Waals surface area contributed by atoms with Crippen molar-refractivity contribution in [3.8, 4) is 5.82 Å². The number of rotatable bonds is 4. The third-order valence-electron chi connectivity index (χ3n) is 3.74. The fourth-order valence-corrected chi connectivity index (χ4v) is 2.25. The quantitative estimate of drug-likeness (QED) is 0.788. The van der Waals surface area contributed by atoms with E-state index in [2.05, 4.69) is 15.5 Å². The van der Waals surface area contributed by atoms with Crippen molar-refractivity contribution in [1.82, 2.24) is 19.6 Å². The second-order valence-electron chi connectivity index (χ2n) is 5.55. The molecule has 2 heterocycles. The zero-order valence-corrected chi connectivity index (χ0v) is 13.7. The zero-order chi connectivity index (χ0) is 18.0. The second kappa shape index (κ2) is 6.68. The van der Waals surface area contributed by atoms with Crippen molar-refractivity contribution in [2.24, 2.45) is 0 Å². The molecule has 7 nitrogen and oxygen atoms in total. The van der Waals surface area contributed by atoms with Crippen LogP contribution in [-0.4, -0.2) is 25.5 Å². The van der Waals surface area contributed by atoms with E-state index in [1.54, 1.807) is 44.4 Å². The number of hydrogen-bond donors (Lipinski definition) is 1. The van der Waals surface area contributed by atoms with Gasteiger partial charge in [-0.05, 0) is 43.7 Å². The summed E-state index contributed by atoms with van der Waals surface area (Å²) in [7, 11) is 0. The number of nitrogens with one attached hydrogen (secondary N) is 1. The van der Waals surface area contributed by atoms with E-state index in [1.807, 2.05) is 0 Å². The number of halogens is 1. The van der Waals surface area contributed by atoms with E-state index in [0.717, 1.165) is 4.68 Å². The molecule has 0 saturated heterocycles. The van der Waals surface area contributed by atoms with Crippen LogP contribution in [0.5, 0.6) is 0 Å². The van der Waals surface area contributed by atoms with Crippen LogP contribution in [0.4, 0.5) is 10.1 Å². The maximum absolute atomic E-state index is 13.6. The van der Waals surface area contributed by atoms with E-state index in [4.69, 9.17) is 0 Å². The van der Waals surface area contributed by atoms with Gasteiger partial charge in [0.1, 0.15) is 11.9 Å². The molecule has 3 aromatic rings. The lowest BCUT2D eigenvalue weighted by Crippen LogP contribution is -2.33. The van der Waals surface area contributed by atoms with E-state index in [-0.39, 0.29) is 0 Å². The lowest BCUT2D eigenvalue weighted by atomic mass is 10.2. The number of benzene rings is 1. The van der Waals surface area contributed by atoms with Gasteiger partial charge in [0.15, 0.2) is 5.82 Å². The highest BCUT2D eigenvalue weighted by atomic mass is 19.1. The molecule has 25 heavy (non-hydrogen) atoms. The molecular weight excluding hydrogens is 325 g/mol. The third-order valence-corrected chi connectivity index (χ3v) is 3.74. The average molecular weight is 341 g/mol. The number of hydrogen-bond acceptors (Lipinski definition) is 4. The van der Waals surface area contributed by atoms with Gasteiger partial charge in [-0.15, -0.1) is 5.10 Å². The summed E-state index contributed by atoms with van der Waals surface area (Å²) >= 11 is 0. The van der Waals surface area contributed by atoms with Crippen molar-refractivity contribution in [3.05, 3.63) is 70.5 Å². The predicted octanol–water partition coefficient (Wildman–Crippen LogP) is 2.08. The molecular formula is C17H16FN5O2. The van der Waals surface area contributed by atoms with Crippen LogP contribution in [0, 0.1) is 12.7 Å². The van der Waals surface area contributed by atoms with Crippen LogP contribution in [0.15, 0.2) is 53.6 Å². The van der Waals surface area contributed by atoms with Crippen molar-refractivity contribution in [3.63, 3.8) is 0 Å². The highest BCUT2D eigenvalue weighted by Gasteiger charge is 2.18. The maximum Gasteiger partial charge on any atom is 0.267 e. The number of nitrogens with zero attached hydrogens (tertiary/aromatic N) is 4. The summed E-state index contributed by atoms with van der Waals surface area (Å²) in [5.41, 5.74) is 0.376. The fraction of sp³-hybridized carbons (Fsp3) is 0.176. The van der Waals surface area contributed by atoms with Gasteiger partial charge in [-0.1, -0.05) is 6.07 Å². The van der Waals surface area contributed by atoms with Gasteiger partial charge >= 0.3 is 0 Å². The first-order chi connectivity index (χ1) is 12.0. The highest BCUT2D eigenvalue weighted by Crippen LogP contribution is 2.15. The van der Waals surface area contributed by atoms with Crippen LogP contribution < -0.4 is 10.9 Å². The first-order valence-corrected chi connectivity index (χ1v) is 7.62. The van der Waals surface area contributed by atoms with Crippen LogP contribution in [0.25, 0.3) is 5.82 Å². The molecule has 0 fully saturated rings. The van der Waals surface area contributed by atoms with Crippen LogP contribution in [0.2, 0.25) is 0 Å². The van der Waals surface area contributed by atoms with Gasteiger partial charge in [-0.2, -0.15) is 5.10 Å². The van der Waals surface area contributed by atoms with Gasteiger partial charge < -0.3 is 5.32 Å². The molecule has 1 unspecified atom stereocenters. The number of aromatic nitrogens is 4. The number of carbonyl (C=O) groups is 1. The van der Waals surface area contributed by atoms with E-state index < -0.39 is 23.3 Å². The molecule has 0 saturated carbocycles. The Balaban J connectivity index is 1.85. The Labute approximate surface area is 142 Å². The summed E-state index contributed by atoms with van der Waals surface area (Å²) in [6, 6.07) is 8.07. The molecule has 1 N–H and O–H groups in total. The monoisotopic (exact) mass is 341 g/mol. The summed E-state index contributed by atoms with van der Waals surface area (Å²) in [6.07, 6.45) is 3.26. The number of carbonyl (C=O) groups excluding carboxylic acids is 1. The van der Waals surface area contributed by atoms with Gasteiger partial charge in [0.25, 0.3) is 5.56 Å². The molecule has 0 spiro atoms. The van der Waals surface area contributed by atoms with E-state index in [9.17, 15) is 14.0 Å². The topological polar surface area (TPSA) is 81.8 Å². The zero-order valence-electron chi connectivity index (χ0n) is 13.7. The van der Waals surface area contributed by atoms with E-state index in [1.165, 1.54) is 22.9 Å². The summed E-state index contributed by atoms with van der Waals surface area (Å²) in [4.78, 5) is 24.5. The molecule has 8 heteroatoms. The third kappa shape index (κ3) is 3.47. The standard InChI is InChI=1S/C17H16FN5O2/c1-11-4-5-13(10-14(11)18)20-17(25)12(2)23-16(24)7-6-15(21-23)22-9-3-8-19-22/h3-10,12H,1-2H3,(H,20,25). The predicted molar refractivity (Wildman–Crippen MR) is 90.1 cm³/mol. The second-order valence-corrected chi connectivity index (χ2v) is 5.55. The fourth-order valence-electron chi connectivity index (χ4n) is 2.25. The van der Waals surface area contributed by atoms with Crippen LogP contribution in [0.3, 0.4) is 0 Å². The summed E-state index contributed by atoms with van der Waals surface area (Å²) in [5, 5.41) is 10.8. The smallest absolute Gasteiger partial charge is 0.267 e. The Morgan fingerprint density at radius 2 is 2.08 bits per heavy atom. The van der Waals surface area contributed by atoms with Crippen molar-refractivity contribution in [2.75, 3.05) is 5.32 Å². The van der Waals surface area contributed by atoms with Gasteiger partial charge in [0.2, 0.25) is 5.91 Å². The Morgan fingerprint density at radius 1 is 1.28 bits per heavy atom. The number of aryl methyl sites for hydroxylation is 1. The average Bonchev–Trinajstić information content (AvgIpc) is 3.12. The first-order valence-electron chi connectivity index (χ1n) is 7.62. The Kier molecular flexibility index (Phi) is 4.42. The highest BCUT2D eigenvalue weighted by molar-refractivity contribution is 5.93. The van der Waals surface area contributed by atoms with Crippen molar-refractivity contribution in [2.45, 2.75) is 19.9 Å². The van der Waals surface area contributed by atoms with Gasteiger partial charge in [0.05, 0.1) is 0 Å². The van der Waals surface area contributed by atoms with Crippen molar-refractivity contribution < 1.29 is 9.18 Å². The Hall–Kier alpha value is -3.29. The normalized spacial score (nSPS) is 12.0. The van der Waals surface area contributed by atoms with Gasteiger partial charge in [-0.25, -0.2) is 13.8 Å². The van der Waals surface area contributed by atoms with Crippen LogP contribution in [0.1, 0.15) is 18.5 Å². The van der Waals surface area contributed by atoms with Crippen LogP contribution in [-0.2, 0) is 4.79 Å². The molecule has 0 radical (unpaired) electrons. The molecule has 1 amide bonds. The van der Waals surface area contributed by atoms with Crippen LogP contribution >= 0.6 is 0 Å². The molecule has 0 aliphatic heterocycles. The first kappa shape index (κ1) is 16.6. The van der Waals surface area contributed by atoms with Gasteiger partial charge in [-0.3, -0.25) is 9.59 Å². The molecule has 1 aromatic carbocycles. The van der Waals surface area contributed by atoms with Gasteiger partial charge in [0, 0.05) is 24.1 Å². The summed E-state index contributed by atoms with van der Waals surface area (Å²) < 4.78 is 16.1. The minimum atomic E-state index is -0.882. The molecule has 1 atom stereocenters. The molecule has 0 aliphatic carbocycles. The minimum Gasteiger partial charge on any atom is -0.324 e. The lowest BCUT2D eigenvalue weighted by Gasteiger charge is -2.15. The molecule has 128 valence electrons. The molecule has 3 rings (SSSR count). The number of amides is 1. The SMILES string of the molecule is Cc1ccc(NC(=O)C(C)n2nc(-n3cccn3)ccc2=O)cc1F. The molecule has 2 aromatic heterocycles. The van der Waals surface area contributed by atoms with E-state index in [0.29, 0.717) is 17.1 Å². The van der Waals surface area contributed by atoms with Crippen molar-refractivity contribution >= 4 is 11.6 Å². The van der Waals surface area contributed by atoms with E-state index >= 15 is 0 Å². The lowest BCUT2D eigenvalue weighted by molar-refractivity contribution is -0.119. The molecule has 0 aliphatic rings. The van der Waals surface area contributed by atoms with Crippen molar-refractivity contribution in [1.29, 1.82) is 0 Å². The molecule has 0 bridgehead atoms. The Morgan fingerprint density at radius 3 is 2.76 bits per heavy atom. The minimum absolute atomic E-state index is 0.316. The summed E-state index contributed by atoms with van der Waals surface area (Å²) in [5.74, 6) is -0.484.